The quantitative estimate of drug-likeness (QED) is 0.673. The molecule has 2 rings (SSSR count). The SMILES string of the molecule is CN(C)CCCNCCN1CCN(C2CCCC2)CC1. The van der Waals surface area contributed by atoms with Crippen LogP contribution in [0.4, 0.5) is 0 Å². The molecule has 1 N–H and O–H groups in total. The molecular weight excluding hydrogens is 248 g/mol. The number of rotatable bonds is 8. The summed E-state index contributed by atoms with van der Waals surface area (Å²) in [7, 11) is 4.29. The molecular formula is C16H34N4. The minimum atomic E-state index is 0.918. The zero-order valence-electron chi connectivity index (χ0n) is 13.6. The van der Waals surface area contributed by atoms with Gasteiger partial charge in [0.05, 0.1) is 0 Å². The summed E-state index contributed by atoms with van der Waals surface area (Å²) in [4.78, 5) is 7.63. The van der Waals surface area contributed by atoms with E-state index in [1.54, 1.807) is 0 Å². The third-order valence-corrected chi connectivity index (χ3v) is 4.81. The second kappa shape index (κ2) is 8.98. The van der Waals surface area contributed by atoms with E-state index in [0.29, 0.717) is 0 Å². The van der Waals surface area contributed by atoms with E-state index in [-0.39, 0.29) is 0 Å². The summed E-state index contributed by atoms with van der Waals surface area (Å²) in [5, 5.41) is 3.57. The highest BCUT2D eigenvalue weighted by Gasteiger charge is 2.25. The van der Waals surface area contributed by atoms with Gasteiger partial charge in [-0.15, -0.1) is 0 Å². The molecule has 0 amide bonds. The van der Waals surface area contributed by atoms with Gasteiger partial charge >= 0.3 is 0 Å². The van der Waals surface area contributed by atoms with Gasteiger partial charge in [0.2, 0.25) is 0 Å². The van der Waals surface area contributed by atoms with Gasteiger partial charge in [-0.25, -0.2) is 0 Å². The molecule has 1 aliphatic heterocycles. The van der Waals surface area contributed by atoms with Gasteiger partial charge in [-0.3, -0.25) is 9.80 Å². The molecule has 118 valence electrons. The van der Waals surface area contributed by atoms with E-state index in [1.165, 1.54) is 71.4 Å². The summed E-state index contributed by atoms with van der Waals surface area (Å²) in [6, 6.07) is 0.918. The van der Waals surface area contributed by atoms with Crippen molar-refractivity contribution in [1.82, 2.24) is 20.0 Å². The van der Waals surface area contributed by atoms with E-state index in [2.05, 4.69) is 34.1 Å². The summed E-state index contributed by atoms with van der Waals surface area (Å²) < 4.78 is 0. The molecule has 2 fully saturated rings. The molecule has 0 radical (unpaired) electrons. The Morgan fingerprint density at radius 1 is 1.00 bits per heavy atom. The Hall–Kier alpha value is -0.160. The summed E-state index contributed by atoms with van der Waals surface area (Å²) in [6.07, 6.45) is 7.08. The fraction of sp³-hybridized carbons (Fsp3) is 1.00. The zero-order valence-corrected chi connectivity index (χ0v) is 13.6. The van der Waals surface area contributed by atoms with Crippen LogP contribution in [0.5, 0.6) is 0 Å². The molecule has 4 heteroatoms. The molecule has 1 aliphatic carbocycles. The molecule has 0 aromatic carbocycles. The largest absolute Gasteiger partial charge is 0.315 e. The van der Waals surface area contributed by atoms with E-state index in [4.69, 9.17) is 0 Å². The minimum Gasteiger partial charge on any atom is -0.315 e. The molecule has 0 aromatic rings. The Balaban J connectivity index is 1.47. The fourth-order valence-corrected chi connectivity index (χ4v) is 3.50. The number of hydrogen-bond acceptors (Lipinski definition) is 4. The number of piperazine rings is 1. The smallest absolute Gasteiger partial charge is 0.0113 e. The van der Waals surface area contributed by atoms with Crippen LogP contribution in [0.25, 0.3) is 0 Å². The Morgan fingerprint density at radius 3 is 2.35 bits per heavy atom. The maximum atomic E-state index is 3.57. The van der Waals surface area contributed by atoms with Crippen molar-refractivity contribution in [3.8, 4) is 0 Å². The monoisotopic (exact) mass is 282 g/mol. The Morgan fingerprint density at radius 2 is 1.70 bits per heavy atom. The first kappa shape index (κ1) is 16.2. The van der Waals surface area contributed by atoms with Gasteiger partial charge in [-0.1, -0.05) is 12.8 Å². The van der Waals surface area contributed by atoms with Crippen LogP contribution in [0, 0.1) is 0 Å². The van der Waals surface area contributed by atoms with Crippen molar-refractivity contribution in [3.05, 3.63) is 0 Å². The van der Waals surface area contributed by atoms with Crippen molar-refractivity contribution in [1.29, 1.82) is 0 Å². The van der Waals surface area contributed by atoms with E-state index in [1.807, 2.05) is 0 Å². The van der Waals surface area contributed by atoms with Crippen molar-refractivity contribution in [3.63, 3.8) is 0 Å². The normalized spacial score (nSPS) is 22.9. The maximum absolute atomic E-state index is 3.57. The van der Waals surface area contributed by atoms with E-state index >= 15 is 0 Å². The highest BCUT2D eigenvalue weighted by molar-refractivity contribution is 4.82. The minimum absolute atomic E-state index is 0.918. The lowest BCUT2D eigenvalue weighted by Gasteiger charge is -2.38. The molecule has 20 heavy (non-hydrogen) atoms. The van der Waals surface area contributed by atoms with Crippen molar-refractivity contribution < 1.29 is 0 Å². The molecule has 0 unspecified atom stereocenters. The van der Waals surface area contributed by atoms with Crippen LogP contribution in [-0.2, 0) is 0 Å². The van der Waals surface area contributed by atoms with E-state index < -0.39 is 0 Å². The summed E-state index contributed by atoms with van der Waals surface area (Å²) >= 11 is 0. The second-order valence-electron chi connectivity index (χ2n) is 6.72. The molecule has 0 bridgehead atoms. The average molecular weight is 282 g/mol. The van der Waals surface area contributed by atoms with Crippen LogP contribution in [0.15, 0.2) is 0 Å². The van der Waals surface area contributed by atoms with Gasteiger partial charge in [0.25, 0.3) is 0 Å². The van der Waals surface area contributed by atoms with Gasteiger partial charge in [0.1, 0.15) is 0 Å². The van der Waals surface area contributed by atoms with Crippen molar-refractivity contribution >= 4 is 0 Å². The van der Waals surface area contributed by atoms with E-state index in [9.17, 15) is 0 Å². The van der Waals surface area contributed by atoms with Crippen LogP contribution in [0.1, 0.15) is 32.1 Å². The first-order valence-corrected chi connectivity index (χ1v) is 8.57. The molecule has 0 spiro atoms. The molecule has 2 aliphatic rings. The highest BCUT2D eigenvalue weighted by Crippen LogP contribution is 2.24. The zero-order chi connectivity index (χ0) is 14.2. The molecule has 1 saturated carbocycles. The second-order valence-corrected chi connectivity index (χ2v) is 6.72. The van der Waals surface area contributed by atoms with Crippen molar-refractivity contribution in [2.75, 3.05) is 66.5 Å². The molecule has 0 aromatic heterocycles. The van der Waals surface area contributed by atoms with Gasteiger partial charge in [-0.2, -0.15) is 0 Å². The summed E-state index contributed by atoms with van der Waals surface area (Å²) in [5.74, 6) is 0. The van der Waals surface area contributed by atoms with Crippen LogP contribution < -0.4 is 5.32 Å². The number of hydrogen-bond donors (Lipinski definition) is 1. The third kappa shape index (κ3) is 5.68. The first-order chi connectivity index (χ1) is 9.75. The average Bonchev–Trinajstić information content (AvgIpc) is 2.97. The lowest BCUT2D eigenvalue weighted by atomic mass is 10.2. The lowest BCUT2D eigenvalue weighted by Crippen LogP contribution is -2.50. The Labute approximate surface area is 125 Å². The van der Waals surface area contributed by atoms with E-state index in [0.717, 1.165) is 19.1 Å². The highest BCUT2D eigenvalue weighted by atomic mass is 15.3. The number of nitrogens with one attached hydrogen (secondary N) is 1. The van der Waals surface area contributed by atoms with Gasteiger partial charge in [-0.05, 0) is 46.4 Å². The predicted molar refractivity (Wildman–Crippen MR) is 86.3 cm³/mol. The van der Waals surface area contributed by atoms with Gasteiger partial charge in [0.15, 0.2) is 0 Å². The van der Waals surface area contributed by atoms with Gasteiger partial charge in [0, 0.05) is 45.3 Å². The van der Waals surface area contributed by atoms with Crippen molar-refractivity contribution in [2.24, 2.45) is 0 Å². The topological polar surface area (TPSA) is 21.8 Å². The molecule has 0 atom stereocenters. The molecule has 1 heterocycles. The fourth-order valence-electron chi connectivity index (χ4n) is 3.50. The summed E-state index contributed by atoms with van der Waals surface area (Å²) in [6.45, 7) is 9.85. The Kier molecular flexibility index (Phi) is 7.28. The van der Waals surface area contributed by atoms with Crippen LogP contribution >= 0.6 is 0 Å². The molecule has 4 nitrogen and oxygen atoms in total. The Bertz CT molecular complexity index is 243. The van der Waals surface area contributed by atoms with Crippen LogP contribution in [0.3, 0.4) is 0 Å². The molecule has 1 saturated heterocycles. The summed E-state index contributed by atoms with van der Waals surface area (Å²) in [5.41, 5.74) is 0. The standard InChI is InChI=1S/C16H34N4/c1-18(2)10-5-8-17-9-11-19-12-14-20(15-13-19)16-6-3-4-7-16/h16-17H,3-15H2,1-2H3. The predicted octanol–water partition coefficient (Wildman–Crippen LogP) is 1.09. The van der Waals surface area contributed by atoms with Gasteiger partial charge < -0.3 is 10.2 Å². The maximum Gasteiger partial charge on any atom is 0.0113 e. The van der Waals surface area contributed by atoms with Crippen LogP contribution in [0.2, 0.25) is 0 Å². The third-order valence-electron chi connectivity index (χ3n) is 4.81. The lowest BCUT2D eigenvalue weighted by molar-refractivity contribution is 0.0984. The van der Waals surface area contributed by atoms with Crippen LogP contribution in [-0.4, -0.2) is 87.2 Å². The number of nitrogens with zero attached hydrogens (tertiary/aromatic N) is 3. The van der Waals surface area contributed by atoms with Crippen molar-refractivity contribution in [2.45, 2.75) is 38.1 Å². The first-order valence-electron chi connectivity index (χ1n) is 8.57.